The van der Waals surface area contributed by atoms with Gasteiger partial charge in [-0.2, -0.15) is 0 Å². The first-order chi connectivity index (χ1) is 9.18. The van der Waals surface area contributed by atoms with Crippen molar-refractivity contribution in [3.8, 4) is 0 Å². The highest BCUT2D eigenvalue weighted by molar-refractivity contribution is 7.99. The SMILES string of the molecule is Cc1cccc(SCCC(=O)N2CCNCC2)c1N. The maximum absolute atomic E-state index is 12.0. The van der Waals surface area contributed by atoms with Crippen LogP contribution in [0.1, 0.15) is 12.0 Å². The maximum Gasteiger partial charge on any atom is 0.223 e. The van der Waals surface area contributed by atoms with Gasteiger partial charge in [0.15, 0.2) is 0 Å². The zero-order valence-electron chi connectivity index (χ0n) is 11.3. The van der Waals surface area contributed by atoms with Gasteiger partial charge in [0.1, 0.15) is 0 Å². The van der Waals surface area contributed by atoms with Gasteiger partial charge in [0, 0.05) is 48.9 Å². The normalized spacial score (nSPS) is 15.5. The molecule has 19 heavy (non-hydrogen) atoms. The lowest BCUT2D eigenvalue weighted by atomic mass is 10.2. The lowest BCUT2D eigenvalue weighted by molar-refractivity contribution is -0.131. The van der Waals surface area contributed by atoms with Gasteiger partial charge in [-0.3, -0.25) is 4.79 Å². The highest BCUT2D eigenvalue weighted by Crippen LogP contribution is 2.27. The van der Waals surface area contributed by atoms with Crippen LogP contribution in [0.15, 0.2) is 23.1 Å². The summed E-state index contributed by atoms with van der Waals surface area (Å²) in [7, 11) is 0. The third kappa shape index (κ3) is 3.88. The van der Waals surface area contributed by atoms with Crippen LogP contribution in [0, 0.1) is 6.92 Å². The predicted molar refractivity (Wildman–Crippen MR) is 80.4 cm³/mol. The van der Waals surface area contributed by atoms with Crippen LogP contribution in [0.3, 0.4) is 0 Å². The molecule has 0 radical (unpaired) electrons. The molecule has 1 amide bonds. The molecular weight excluding hydrogens is 258 g/mol. The Balaban J connectivity index is 1.79. The number of carbonyl (C=O) groups excluding carboxylic acids is 1. The van der Waals surface area contributed by atoms with E-state index in [9.17, 15) is 4.79 Å². The number of benzene rings is 1. The largest absolute Gasteiger partial charge is 0.398 e. The predicted octanol–water partition coefficient (Wildman–Crippen LogP) is 1.49. The summed E-state index contributed by atoms with van der Waals surface area (Å²) in [6.45, 7) is 5.48. The van der Waals surface area contributed by atoms with Gasteiger partial charge in [-0.25, -0.2) is 0 Å². The van der Waals surface area contributed by atoms with Crippen LogP contribution in [-0.2, 0) is 4.79 Å². The number of para-hydroxylation sites is 1. The number of carbonyl (C=O) groups is 1. The van der Waals surface area contributed by atoms with E-state index in [0.29, 0.717) is 6.42 Å². The summed E-state index contributed by atoms with van der Waals surface area (Å²) in [5.74, 6) is 1.04. The van der Waals surface area contributed by atoms with Crippen LogP contribution in [0.5, 0.6) is 0 Å². The van der Waals surface area contributed by atoms with Gasteiger partial charge in [0.05, 0.1) is 0 Å². The molecule has 1 heterocycles. The number of nitrogen functional groups attached to an aromatic ring is 1. The molecule has 5 heteroatoms. The Labute approximate surface area is 118 Å². The highest BCUT2D eigenvalue weighted by Gasteiger charge is 2.15. The van der Waals surface area contributed by atoms with Crippen molar-refractivity contribution in [3.63, 3.8) is 0 Å². The molecule has 1 aliphatic heterocycles. The third-order valence-electron chi connectivity index (χ3n) is 3.33. The molecule has 0 aliphatic carbocycles. The summed E-state index contributed by atoms with van der Waals surface area (Å²) in [6, 6.07) is 6.03. The summed E-state index contributed by atoms with van der Waals surface area (Å²) < 4.78 is 0. The fourth-order valence-electron chi connectivity index (χ4n) is 2.10. The van der Waals surface area contributed by atoms with Crippen molar-refractivity contribution >= 4 is 23.4 Å². The Morgan fingerprint density at radius 3 is 2.89 bits per heavy atom. The number of rotatable bonds is 4. The Hall–Kier alpha value is -1.20. The second-order valence-corrected chi connectivity index (χ2v) is 5.85. The van der Waals surface area contributed by atoms with Crippen LogP contribution in [-0.4, -0.2) is 42.7 Å². The van der Waals surface area contributed by atoms with Gasteiger partial charge in [0.2, 0.25) is 5.91 Å². The molecule has 2 rings (SSSR count). The van der Waals surface area contributed by atoms with Crippen molar-refractivity contribution in [1.82, 2.24) is 10.2 Å². The molecule has 1 aromatic carbocycles. The molecule has 0 spiro atoms. The molecule has 1 aliphatic rings. The van der Waals surface area contributed by atoms with Gasteiger partial charge in [-0.15, -0.1) is 11.8 Å². The average Bonchev–Trinajstić information content (AvgIpc) is 2.44. The van der Waals surface area contributed by atoms with E-state index >= 15 is 0 Å². The quantitative estimate of drug-likeness (QED) is 0.647. The summed E-state index contributed by atoms with van der Waals surface area (Å²) in [4.78, 5) is 15.0. The van der Waals surface area contributed by atoms with E-state index in [4.69, 9.17) is 5.73 Å². The summed E-state index contributed by atoms with van der Waals surface area (Å²) >= 11 is 1.67. The van der Waals surface area contributed by atoms with Crippen molar-refractivity contribution in [2.75, 3.05) is 37.7 Å². The number of nitrogens with two attached hydrogens (primary N) is 1. The van der Waals surface area contributed by atoms with Crippen LogP contribution < -0.4 is 11.1 Å². The molecular formula is C14H21N3OS. The van der Waals surface area contributed by atoms with Gasteiger partial charge in [0.25, 0.3) is 0 Å². The van der Waals surface area contributed by atoms with Gasteiger partial charge in [-0.05, 0) is 18.6 Å². The number of aryl methyl sites for hydroxylation is 1. The third-order valence-corrected chi connectivity index (χ3v) is 4.40. The Kier molecular flexibility index (Phi) is 5.10. The molecule has 0 saturated carbocycles. The fraction of sp³-hybridized carbons (Fsp3) is 0.500. The van der Waals surface area contributed by atoms with E-state index < -0.39 is 0 Å². The first-order valence-corrected chi connectivity index (χ1v) is 7.63. The number of anilines is 1. The fourth-order valence-corrected chi connectivity index (χ4v) is 3.09. The van der Waals surface area contributed by atoms with Crippen LogP contribution in [0.4, 0.5) is 5.69 Å². The first-order valence-electron chi connectivity index (χ1n) is 6.65. The minimum Gasteiger partial charge on any atom is -0.398 e. The minimum atomic E-state index is 0.250. The number of nitrogens with zero attached hydrogens (tertiary/aromatic N) is 1. The number of hydrogen-bond acceptors (Lipinski definition) is 4. The van der Waals surface area contributed by atoms with E-state index in [1.165, 1.54) is 0 Å². The molecule has 1 aromatic rings. The van der Waals surface area contributed by atoms with E-state index in [2.05, 4.69) is 5.32 Å². The van der Waals surface area contributed by atoms with Crippen molar-refractivity contribution in [1.29, 1.82) is 0 Å². The average molecular weight is 279 g/mol. The van der Waals surface area contributed by atoms with E-state index in [-0.39, 0.29) is 5.91 Å². The topological polar surface area (TPSA) is 58.4 Å². The highest BCUT2D eigenvalue weighted by atomic mass is 32.2. The van der Waals surface area contributed by atoms with Crippen molar-refractivity contribution in [3.05, 3.63) is 23.8 Å². The zero-order valence-corrected chi connectivity index (χ0v) is 12.1. The molecule has 0 bridgehead atoms. The number of thioether (sulfide) groups is 1. The summed E-state index contributed by atoms with van der Waals surface area (Å²) in [5, 5.41) is 3.25. The van der Waals surface area contributed by atoms with E-state index in [0.717, 1.165) is 48.1 Å². The number of nitrogens with one attached hydrogen (secondary N) is 1. The van der Waals surface area contributed by atoms with Crippen LogP contribution in [0.2, 0.25) is 0 Å². The molecule has 4 nitrogen and oxygen atoms in total. The summed E-state index contributed by atoms with van der Waals surface area (Å²) in [6.07, 6.45) is 0.581. The molecule has 1 fully saturated rings. The Morgan fingerprint density at radius 2 is 2.16 bits per heavy atom. The second-order valence-electron chi connectivity index (χ2n) is 4.72. The number of hydrogen-bond donors (Lipinski definition) is 2. The Bertz CT molecular complexity index is 444. The monoisotopic (exact) mass is 279 g/mol. The molecule has 3 N–H and O–H groups in total. The van der Waals surface area contributed by atoms with Crippen molar-refractivity contribution in [2.24, 2.45) is 0 Å². The second kappa shape index (κ2) is 6.82. The lowest BCUT2D eigenvalue weighted by Crippen LogP contribution is -2.46. The lowest BCUT2D eigenvalue weighted by Gasteiger charge is -2.27. The smallest absolute Gasteiger partial charge is 0.223 e. The molecule has 1 saturated heterocycles. The van der Waals surface area contributed by atoms with Crippen LogP contribution in [0.25, 0.3) is 0 Å². The first kappa shape index (κ1) is 14.2. The number of amides is 1. The van der Waals surface area contributed by atoms with Crippen molar-refractivity contribution < 1.29 is 4.79 Å². The van der Waals surface area contributed by atoms with E-state index in [1.54, 1.807) is 11.8 Å². The Morgan fingerprint density at radius 1 is 1.42 bits per heavy atom. The molecule has 0 atom stereocenters. The standard InChI is InChI=1S/C14H21N3OS/c1-11-3-2-4-12(14(11)15)19-10-5-13(18)17-8-6-16-7-9-17/h2-4,16H,5-10,15H2,1H3. The van der Waals surface area contributed by atoms with Gasteiger partial charge in [-0.1, -0.05) is 12.1 Å². The van der Waals surface area contributed by atoms with Gasteiger partial charge < -0.3 is 16.0 Å². The van der Waals surface area contributed by atoms with Crippen LogP contribution >= 0.6 is 11.8 Å². The van der Waals surface area contributed by atoms with Gasteiger partial charge >= 0.3 is 0 Å². The molecule has 104 valence electrons. The zero-order chi connectivity index (χ0) is 13.7. The van der Waals surface area contributed by atoms with E-state index in [1.807, 2.05) is 30.0 Å². The number of piperazine rings is 1. The summed E-state index contributed by atoms with van der Waals surface area (Å²) in [5.41, 5.74) is 7.95. The minimum absolute atomic E-state index is 0.250. The van der Waals surface area contributed by atoms with Crippen molar-refractivity contribution in [2.45, 2.75) is 18.2 Å². The molecule has 0 unspecified atom stereocenters. The molecule has 0 aromatic heterocycles. The maximum atomic E-state index is 12.0.